The number of anilines is 1. The fourth-order valence-electron chi connectivity index (χ4n) is 3.37. The van der Waals surface area contributed by atoms with Crippen LogP contribution in [0.4, 0.5) is 5.69 Å². The van der Waals surface area contributed by atoms with Gasteiger partial charge in [-0.1, -0.05) is 12.1 Å². The second-order valence-corrected chi connectivity index (χ2v) is 6.97. The minimum Gasteiger partial charge on any atom is -0.497 e. The summed E-state index contributed by atoms with van der Waals surface area (Å²) in [5.41, 5.74) is 1.05. The normalized spacial score (nSPS) is 15.8. The van der Waals surface area contributed by atoms with Gasteiger partial charge in [-0.15, -0.1) is 0 Å². The van der Waals surface area contributed by atoms with E-state index < -0.39 is 29.7 Å². The lowest BCUT2D eigenvalue weighted by Gasteiger charge is -2.26. The third kappa shape index (κ3) is 4.94. The molecule has 1 fully saturated rings. The van der Waals surface area contributed by atoms with E-state index in [0.717, 1.165) is 11.0 Å². The zero-order valence-electron chi connectivity index (χ0n) is 17.6. The molecule has 0 aromatic heterocycles. The van der Waals surface area contributed by atoms with Crippen LogP contribution in [-0.2, 0) is 25.7 Å². The molecule has 1 aliphatic heterocycles. The Morgan fingerprint density at radius 2 is 1.56 bits per heavy atom. The Kier molecular flexibility index (Phi) is 6.89. The number of amides is 3. The first-order valence-corrected chi connectivity index (χ1v) is 9.69. The second kappa shape index (κ2) is 9.78. The van der Waals surface area contributed by atoms with Gasteiger partial charge in [0.1, 0.15) is 17.5 Å². The van der Waals surface area contributed by atoms with E-state index in [-0.39, 0.29) is 13.0 Å². The van der Waals surface area contributed by atoms with Crippen molar-refractivity contribution in [3.8, 4) is 11.5 Å². The summed E-state index contributed by atoms with van der Waals surface area (Å²) in [6.07, 6.45) is 1.36. The van der Waals surface area contributed by atoms with Crippen molar-refractivity contribution in [2.75, 3.05) is 19.1 Å². The van der Waals surface area contributed by atoms with Gasteiger partial charge in [0.25, 0.3) is 5.91 Å². The Bertz CT molecular complexity index is 1050. The molecule has 2 aromatic rings. The number of methoxy groups -OCH3 is 2. The number of carboxylic acid groups (broad SMARTS) is 1. The highest BCUT2D eigenvalue weighted by Crippen LogP contribution is 2.28. The van der Waals surface area contributed by atoms with Gasteiger partial charge in [0.2, 0.25) is 11.8 Å². The maximum absolute atomic E-state index is 13.2. The fraction of sp³-hybridized carbons (Fsp3) is 0.217. The Balaban J connectivity index is 1.90. The van der Waals surface area contributed by atoms with Gasteiger partial charge in [-0.3, -0.25) is 14.4 Å². The number of benzene rings is 2. The first-order chi connectivity index (χ1) is 15.3. The summed E-state index contributed by atoms with van der Waals surface area (Å²) >= 11 is 0. The van der Waals surface area contributed by atoms with E-state index in [1.165, 1.54) is 19.1 Å². The largest absolute Gasteiger partial charge is 0.497 e. The van der Waals surface area contributed by atoms with Crippen LogP contribution in [0.2, 0.25) is 0 Å². The molecule has 3 rings (SSSR count). The van der Waals surface area contributed by atoms with Gasteiger partial charge < -0.3 is 19.5 Å². The van der Waals surface area contributed by atoms with Gasteiger partial charge in [0.05, 0.1) is 26.3 Å². The van der Waals surface area contributed by atoms with E-state index in [4.69, 9.17) is 14.6 Å². The number of aliphatic carboxylic acids is 1. The number of hydrogen-bond acceptors (Lipinski definition) is 6. The van der Waals surface area contributed by atoms with Crippen LogP contribution < -0.4 is 14.4 Å². The summed E-state index contributed by atoms with van der Waals surface area (Å²) in [5.74, 6) is -1.82. The number of ether oxygens (including phenoxy) is 2. The van der Waals surface area contributed by atoms with E-state index in [0.29, 0.717) is 28.8 Å². The third-order valence-electron chi connectivity index (χ3n) is 4.99. The van der Waals surface area contributed by atoms with Crippen molar-refractivity contribution in [2.45, 2.75) is 19.0 Å². The highest BCUT2D eigenvalue weighted by Gasteiger charge is 2.44. The highest BCUT2D eigenvalue weighted by molar-refractivity contribution is 6.23. The average molecular weight is 438 g/mol. The van der Waals surface area contributed by atoms with Crippen molar-refractivity contribution in [3.05, 3.63) is 66.2 Å². The number of rotatable bonds is 8. The van der Waals surface area contributed by atoms with Crippen LogP contribution in [-0.4, -0.2) is 54.0 Å². The number of imide groups is 1. The molecule has 9 heteroatoms. The number of nitrogens with zero attached hydrogens (tertiary/aromatic N) is 2. The van der Waals surface area contributed by atoms with Gasteiger partial charge in [-0.05, 0) is 42.0 Å². The molecule has 32 heavy (non-hydrogen) atoms. The van der Waals surface area contributed by atoms with Crippen LogP contribution in [0, 0.1) is 0 Å². The van der Waals surface area contributed by atoms with Crippen LogP contribution in [0.1, 0.15) is 12.0 Å². The van der Waals surface area contributed by atoms with Crippen LogP contribution in [0.5, 0.6) is 11.5 Å². The molecular formula is C23H22N2O7. The van der Waals surface area contributed by atoms with Crippen molar-refractivity contribution in [2.24, 2.45) is 0 Å². The van der Waals surface area contributed by atoms with Crippen molar-refractivity contribution in [1.29, 1.82) is 0 Å². The Hall–Kier alpha value is -4.14. The molecule has 2 aromatic carbocycles. The van der Waals surface area contributed by atoms with Gasteiger partial charge in [-0.25, -0.2) is 9.69 Å². The lowest BCUT2D eigenvalue weighted by atomic mass is 10.1. The lowest BCUT2D eigenvalue weighted by molar-refractivity contribution is -0.135. The minimum absolute atomic E-state index is 0.00687. The van der Waals surface area contributed by atoms with Crippen LogP contribution in [0.15, 0.2) is 60.7 Å². The second-order valence-electron chi connectivity index (χ2n) is 6.97. The molecular weight excluding hydrogens is 416 g/mol. The number of carbonyl (C=O) groups is 4. The average Bonchev–Trinajstić information content (AvgIpc) is 3.09. The molecule has 0 spiro atoms. The molecule has 1 aliphatic rings. The number of hydrogen-bond donors (Lipinski definition) is 1. The summed E-state index contributed by atoms with van der Waals surface area (Å²) in [7, 11) is 3.03. The van der Waals surface area contributed by atoms with Gasteiger partial charge in [0, 0.05) is 18.7 Å². The van der Waals surface area contributed by atoms with Crippen molar-refractivity contribution < 1.29 is 33.8 Å². The molecule has 0 bridgehead atoms. The van der Waals surface area contributed by atoms with E-state index in [2.05, 4.69) is 0 Å². The molecule has 9 nitrogen and oxygen atoms in total. The summed E-state index contributed by atoms with van der Waals surface area (Å²) in [5, 5.41) is 8.87. The summed E-state index contributed by atoms with van der Waals surface area (Å²) in [4.78, 5) is 51.7. The lowest BCUT2D eigenvalue weighted by Crippen LogP contribution is -2.44. The predicted octanol–water partition coefficient (Wildman–Crippen LogP) is 2.01. The SMILES string of the molecule is COc1ccc(CN(C(=O)/C=C\C(=O)O)[C@H]2CC(=O)N(c3ccc(OC)cc3)C2=O)cc1. The minimum atomic E-state index is -1.29. The summed E-state index contributed by atoms with van der Waals surface area (Å²) in [6, 6.07) is 12.2. The van der Waals surface area contributed by atoms with E-state index >= 15 is 0 Å². The van der Waals surface area contributed by atoms with Crippen molar-refractivity contribution >= 4 is 29.4 Å². The Morgan fingerprint density at radius 1 is 1.00 bits per heavy atom. The Labute approximate surface area is 184 Å². The number of carboxylic acids is 1. The Morgan fingerprint density at radius 3 is 2.09 bits per heavy atom. The van der Waals surface area contributed by atoms with Crippen molar-refractivity contribution in [3.63, 3.8) is 0 Å². The van der Waals surface area contributed by atoms with Crippen LogP contribution in [0.25, 0.3) is 0 Å². The quantitative estimate of drug-likeness (QED) is 0.495. The van der Waals surface area contributed by atoms with E-state index in [1.807, 2.05) is 0 Å². The zero-order valence-corrected chi connectivity index (χ0v) is 17.6. The van der Waals surface area contributed by atoms with E-state index in [1.54, 1.807) is 48.5 Å². The molecule has 166 valence electrons. The summed E-state index contributed by atoms with van der Waals surface area (Å²) in [6.45, 7) is 0.00687. The molecule has 0 aliphatic carbocycles. The van der Waals surface area contributed by atoms with E-state index in [9.17, 15) is 19.2 Å². The molecule has 3 amide bonds. The maximum atomic E-state index is 13.2. The molecule has 1 saturated heterocycles. The zero-order chi connectivity index (χ0) is 23.3. The van der Waals surface area contributed by atoms with Gasteiger partial charge in [0.15, 0.2) is 0 Å². The molecule has 0 saturated carbocycles. The van der Waals surface area contributed by atoms with Gasteiger partial charge in [-0.2, -0.15) is 0 Å². The topological polar surface area (TPSA) is 113 Å². The van der Waals surface area contributed by atoms with Crippen molar-refractivity contribution in [1.82, 2.24) is 4.90 Å². The summed E-state index contributed by atoms with van der Waals surface area (Å²) < 4.78 is 10.2. The monoisotopic (exact) mass is 438 g/mol. The molecule has 1 N–H and O–H groups in total. The highest BCUT2D eigenvalue weighted by atomic mass is 16.5. The molecule has 1 heterocycles. The molecule has 0 unspecified atom stereocenters. The first-order valence-electron chi connectivity index (χ1n) is 9.69. The van der Waals surface area contributed by atoms with Crippen LogP contribution >= 0.6 is 0 Å². The van der Waals surface area contributed by atoms with Gasteiger partial charge >= 0.3 is 5.97 Å². The first kappa shape index (κ1) is 22.5. The fourth-order valence-corrected chi connectivity index (χ4v) is 3.37. The smallest absolute Gasteiger partial charge is 0.328 e. The maximum Gasteiger partial charge on any atom is 0.328 e. The van der Waals surface area contributed by atoms with Crippen LogP contribution in [0.3, 0.4) is 0 Å². The molecule has 0 radical (unpaired) electrons. The number of carbonyl (C=O) groups excluding carboxylic acids is 3. The third-order valence-corrected chi connectivity index (χ3v) is 4.99. The molecule has 1 atom stereocenters. The standard InChI is InChI=1S/C23H22N2O7/c1-31-17-7-3-15(4-8-17)14-24(20(26)11-12-22(28)29)19-13-21(27)25(23(19)30)16-5-9-18(32-2)10-6-16/h3-12,19H,13-14H2,1-2H3,(H,28,29)/b12-11-/t19-/m0/s1. The predicted molar refractivity (Wildman–Crippen MR) is 114 cm³/mol.